The van der Waals surface area contributed by atoms with Crippen LogP contribution in [0.1, 0.15) is 15.9 Å². The Labute approximate surface area is 107 Å². The van der Waals surface area contributed by atoms with Gasteiger partial charge in [0.1, 0.15) is 11.3 Å². The van der Waals surface area contributed by atoms with Crippen molar-refractivity contribution < 1.29 is 14.3 Å². The molecule has 0 aromatic heterocycles. The van der Waals surface area contributed by atoms with E-state index >= 15 is 0 Å². The van der Waals surface area contributed by atoms with Crippen molar-refractivity contribution in [2.75, 3.05) is 14.2 Å². The van der Waals surface area contributed by atoms with Crippen molar-refractivity contribution in [2.45, 2.75) is 6.92 Å². The highest BCUT2D eigenvalue weighted by molar-refractivity contribution is 14.1. The van der Waals surface area contributed by atoms with Gasteiger partial charge in [0, 0.05) is 5.02 Å². The van der Waals surface area contributed by atoms with Gasteiger partial charge in [-0.3, -0.25) is 0 Å². The first-order valence-corrected chi connectivity index (χ1v) is 5.59. The number of benzene rings is 1. The number of esters is 1. The number of hydrogen-bond acceptors (Lipinski definition) is 3. The molecule has 0 aliphatic rings. The zero-order valence-electron chi connectivity index (χ0n) is 8.56. The molecule has 3 nitrogen and oxygen atoms in total. The number of hydrogen-bond donors (Lipinski definition) is 0. The summed E-state index contributed by atoms with van der Waals surface area (Å²) in [6.07, 6.45) is 0. The summed E-state index contributed by atoms with van der Waals surface area (Å²) < 4.78 is 10.6. The summed E-state index contributed by atoms with van der Waals surface area (Å²) in [5, 5.41) is 0.528. The molecule has 0 bridgehead atoms. The Hall–Kier alpha value is -0.490. The number of halogens is 2. The smallest absolute Gasteiger partial charge is 0.341 e. The minimum Gasteiger partial charge on any atom is -0.495 e. The standard InChI is InChI=1S/C10H10ClIO3/c1-5-7(11)4-6(10(13)15-3)9(14-2)8(5)12/h4H,1-3H3. The van der Waals surface area contributed by atoms with Crippen LogP contribution in [-0.4, -0.2) is 20.2 Å². The van der Waals surface area contributed by atoms with Gasteiger partial charge < -0.3 is 9.47 Å². The molecule has 1 rings (SSSR count). The lowest BCUT2D eigenvalue weighted by atomic mass is 10.1. The third kappa shape index (κ3) is 2.36. The Morgan fingerprint density at radius 2 is 2.07 bits per heavy atom. The quantitative estimate of drug-likeness (QED) is 0.613. The Balaban J connectivity index is 3.45. The summed E-state index contributed by atoms with van der Waals surface area (Å²) in [6.45, 7) is 1.87. The summed E-state index contributed by atoms with van der Waals surface area (Å²) in [6, 6.07) is 1.56. The molecule has 1 aromatic rings. The minimum atomic E-state index is -0.452. The molecular formula is C10H10ClIO3. The van der Waals surface area contributed by atoms with E-state index in [9.17, 15) is 4.79 Å². The van der Waals surface area contributed by atoms with Crippen LogP contribution in [0.2, 0.25) is 5.02 Å². The fraction of sp³-hybridized carbons (Fsp3) is 0.300. The van der Waals surface area contributed by atoms with Crippen LogP contribution < -0.4 is 4.74 Å². The lowest BCUT2D eigenvalue weighted by Gasteiger charge is -2.12. The van der Waals surface area contributed by atoms with Crippen molar-refractivity contribution in [2.24, 2.45) is 0 Å². The first-order valence-electron chi connectivity index (χ1n) is 4.13. The molecule has 0 unspecified atom stereocenters. The van der Waals surface area contributed by atoms with Crippen LogP contribution in [0.25, 0.3) is 0 Å². The van der Waals surface area contributed by atoms with Crippen molar-refractivity contribution >= 4 is 40.2 Å². The van der Waals surface area contributed by atoms with Crippen LogP contribution in [-0.2, 0) is 4.74 Å². The van der Waals surface area contributed by atoms with E-state index in [0.717, 1.165) is 9.13 Å². The van der Waals surface area contributed by atoms with Gasteiger partial charge in [-0.15, -0.1) is 0 Å². The first-order chi connectivity index (χ1) is 7.02. The molecule has 0 radical (unpaired) electrons. The molecule has 0 fully saturated rings. The molecule has 0 aliphatic carbocycles. The van der Waals surface area contributed by atoms with Crippen LogP contribution in [0, 0.1) is 10.5 Å². The zero-order valence-corrected chi connectivity index (χ0v) is 11.5. The molecule has 0 aliphatic heterocycles. The Bertz CT molecular complexity index is 404. The zero-order chi connectivity index (χ0) is 11.6. The van der Waals surface area contributed by atoms with Crippen LogP contribution in [0.5, 0.6) is 5.75 Å². The molecular weight excluding hydrogens is 330 g/mol. The predicted octanol–water partition coefficient (Wildman–Crippen LogP) is 3.05. The largest absolute Gasteiger partial charge is 0.495 e. The Morgan fingerprint density at radius 3 is 2.53 bits per heavy atom. The lowest BCUT2D eigenvalue weighted by Crippen LogP contribution is -2.06. The van der Waals surface area contributed by atoms with Gasteiger partial charge in [-0.05, 0) is 41.1 Å². The van der Waals surface area contributed by atoms with Crippen molar-refractivity contribution in [1.82, 2.24) is 0 Å². The van der Waals surface area contributed by atoms with E-state index in [4.69, 9.17) is 16.3 Å². The Morgan fingerprint density at radius 1 is 1.47 bits per heavy atom. The lowest BCUT2D eigenvalue weighted by molar-refractivity contribution is 0.0597. The maximum absolute atomic E-state index is 11.4. The SMILES string of the molecule is COC(=O)c1cc(Cl)c(C)c(I)c1OC. The second kappa shape index (κ2) is 5.03. The van der Waals surface area contributed by atoms with Gasteiger partial charge >= 0.3 is 5.97 Å². The van der Waals surface area contributed by atoms with Gasteiger partial charge in [-0.2, -0.15) is 0 Å². The van der Waals surface area contributed by atoms with Gasteiger partial charge in [0.15, 0.2) is 0 Å². The summed E-state index contributed by atoms with van der Waals surface area (Å²) in [4.78, 5) is 11.4. The Kier molecular flexibility index (Phi) is 4.21. The molecule has 1 aromatic carbocycles. The van der Waals surface area contributed by atoms with Crippen molar-refractivity contribution in [3.63, 3.8) is 0 Å². The molecule has 0 atom stereocenters. The highest BCUT2D eigenvalue weighted by Crippen LogP contribution is 2.33. The average molecular weight is 341 g/mol. The fourth-order valence-electron chi connectivity index (χ4n) is 1.16. The fourth-order valence-corrected chi connectivity index (χ4v) is 2.32. The van der Waals surface area contributed by atoms with E-state index < -0.39 is 5.97 Å². The summed E-state index contributed by atoms with van der Waals surface area (Å²) in [5.41, 5.74) is 1.24. The number of ether oxygens (including phenoxy) is 2. The number of carbonyl (C=O) groups excluding carboxylic acids is 1. The van der Waals surface area contributed by atoms with Gasteiger partial charge in [-0.25, -0.2) is 4.79 Å². The normalized spacial score (nSPS) is 9.93. The molecule has 0 N–H and O–H groups in total. The average Bonchev–Trinajstić information content (AvgIpc) is 2.24. The van der Waals surface area contributed by atoms with Crippen LogP contribution in [0.4, 0.5) is 0 Å². The number of carbonyl (C=O) groups is 1. The highest BCUT2D eigenvalue weighted by atomic mass is 127. The van der Waals surface area contributed by atoms with E-state index in [1.807, 2.05) is 6.92 Å². The highest BCUT2D eigenvalue weighted by Gasteiger charge is 2.19. The maximum atomic E-state index is 11.4. The van der Waals surface area contributed by atoms with E-state index in [-0.39, 0.29) is 0 Å². The van der Waals surface area contributed by atoms with Crippen LogP contribution in [0.15, 0.2) is 6.07 Å². The van der Waals surface area contributed by atoms with E-state index in [1.165, 1.54) is 14.2 Å². The molecule has 5 heteroatoms. The molecule has 0 saturated heterocycles. The molecule has 0 heterocycles. The number of methoxy groups -OCH3 is 2. The monoisotopic (exact) mass is 340 g/mol. The van der Waals surface area contributed by atoms with Crippen LogP contribution >= 0.6 is 34.2 Å². The predicted molar refractivity (Wildman–Crippen MR) is 66.8 cm³/mol. The molecule has 82 valence electrons. The van der Waals surface area contributed by atoms with Crippen molar-refractivity contribution in [1.29, 1.82) is 0 Å². The topological polar surface area (TPSA) is 35.5 Å². The molecule has 0 amide bonds. The van der Waals surface area contributed by atoms with E-state index in [1.54, 1.807) is 6.07 Å². The minimum absolute atomic E-state index is 0.347. The first kappa shape index (κ1) is 12.6. The van der Waals surface area contributed by atoms with Gasteiger partial charge in [0.05, 0.1) is 17.8 Å². The van der Waals surface area contributed by atoms with Crippen molar-refractivity contribution in [3.05, 3.63) is 25.8 Å². The summed E-state index contributed by atoms with van der Waals surface area (Å²) in [5.74, 6) is 0.0519. The van der Waals surface area contributed by atoms with Crippen LogP contribution in [0.3, 0.4) is 0 Å². The van der Waals surface area contributed by atoms with Crippen molar-refractivity contribution in [3.8, 4) is 5.75 Å². The third-order valence-electron chi connectivity index (χ3n) is 2.01. The molecule has 15 heavy (non-hydrogen) atoms. The summed E-state index contributed by atoms with van der Waals surface area (Å²) >= 11 is 8.07. The number of rotatable bonds is 2. The van der Waals surface area contributed by atoms with E-state index in [2.05, 4.69) is 27.3 Å². The second-order valence-corrected chi connectivity index (χ2v) is 4.36. The summed E-state index contributed by atoms with van der Waals surface area (Å²) in [7, 11) is 2.83. The van der Waals surface area contributed by atoms with Gasteiger partial charge in [0.2, 0.25) is 0 Å². The maximum Gasteiger partial charge on any atom is 0.341 e. The third-order valence-corrected chi connectivity index (χ3v) is 3.70. The molecule has 0 spiro atoms. The van der Waals surface area contributed by atoms with E-state index in [0.29, 0.717) is 16.3 Å². The van der Waals surface area contributed by atoms with Gasteiger partial charge in [-0.1, -0.05) is 11.6 Å². The van der Waals surface area contributed by atoms with Gasteiger partial charge in [0.25, 0.3) is 0 Å². The second-order valence-electron chi connectivity index (χ2n) is 2.87. The molecule has 0 saturated carbocycles.